The van der Waals surface area contributed by atoms with E-state index in [-0.39, 0.29) is 5.41 Å². The predicted molar refractivity (Wildman–Crippen MR) is 184 cm³/mol. The number of fused-ring (bicyclic) bond motifs is 6. The Labute approximate surface area is 252 Å². The van der Waals surface area contributed by atoms with Gasteiger partial charge in [0.05, 0.1) is 22.1 Å². The smallest absolute Gasteiger partial charge is 0.0544 e. The Morgan fingerprint density at radius 3 is 1.37 bits per heavy atom. The molecule has 0 fully saturated rings. The number of hydrogen-bond donors (Lipinski definition) is 0. The highest BCUT2D eigenvalue weighted by atomic mass is 15.0. The first-order valence-electron chi connectivity index (χ1n) is 15.3. The minimum atomic E-state index is 0.116. The van der Waals surface area contributed by atoms with E-state index in [4.69, 9.17) is 0 Å². The van der Waals surface area contributed by atoms with Gasteiger partial charge in [-0.15, -0.1) is 0 Å². The Morgan fingerprint density at radius 2 is 0.884 bits per heavy atom. The summed E-state index contributed by atoms with van der Waals surface area (Å²) in [7, 11) is 0. The van der Waals surface area contributed by atoms with Gasteiger partial charge >= 0.3 is 0 Å². The van der Waals surface area contributed by atoms with Crippen molar-refractivity contribution in [1.29, 1.82) is 0 Å². The fourth-order valence-electron chi connectivity index (χ4n) is 6.72. The molecule has 0 saturated carbocycles. The third-order valence-corrected chi connectivity index (χ3v) is 9.46. The van der Waals surface area contributed by atoms with Crippen molar-refractivity contribution in [1.82, 2.24) is 9.13 Å². The minimum absolute atomic E-state index is 0.116. The topological polar surface area (TPSA) is 9.86 Å². The molecule has 0 spiro atoms. The second-order valence-electron chi connectivity index (χ2n) is 12.3. The van der Waals surface area contributed by atoms with Gasteiger partial charge in [-0.05, 0) is 77.1 Å². The highest BCUT2D eigenvalue weighted by Crippen LogP contribution is 2.38. The summed E-state index contributed by atoms with van der Waals surface area (Å²) >= 11 is 0. The molecule has 8 aromatic rings. The molecule has 208 valence electrons. The molecule has 0 atom stereocenters. The second-order valence-corrected chi connectivity index (χ2v) is 12.3. The van der Waals surface area contributed by atoms with Gasteiger partial charge < -0.3 is 9.13 Å². The van der Waals surface area contributed by atoms with Gasteiger partial charge in [0, 0.05) is 32.9 Å². The van der Waals surface area contributed by atoms with E-state index in [1.807, 2.05) is 0 Å². The highest BCUT2D eigenvalue weighted by molar-refractivity contribution is 6.10. The standard InChI is InChI=1S/C41H34N2/c1-4-41(2,3)30-23-24-36-35-19-7-10-22-39(35)43(40(36)27-30)32-16-12-14-29(26-32)28-13-11-15-31(25-28)42-37-20-8-5-17-33(37)34-18-6-9-21-38(34)42/h5-27H,4H2,1-3H3. The summed E-state index contributed by atoms with van der Waals surface area (Å²) in [6.07, 6.45) is 1.09. The van der Waals surface area contributed by atoms with Crippen molar-refractivity contribution >= 4 is 43.6 Å². The molecular formula is C41H34N2. The summed E-state index contributed by atoms with van der Waals surface area (Å²) < 4.78 is 4.84. The zero-order chi connectivity index (χ0) is 29.1. The second kappa shape index (κ2) is 9.74. The number of nitrogens with zero attached hydrogens (tertiary/aromatic N) is 2. The molecule has 0 aliphatic heterocycles. The normalized spacial score (nSPS) is 12.2. The summed E-state index contributed by atoms with van der Waals surface area (Å²) in [5.41, 5.74) is 11.2. The lowest BCUT2D eigenvalue weighted by Crippen LogP contribution is -2.15. The first-order chi connectivity index (χ1) is 21.0. The number of aromatic nitrogens is 2. The van der Waals surface area contributed by atoms with Gasteiger partial charge in [-0.25, -0.2) is 0 Å². The third kappa shape index (κ3) is 4.01. The van der Waals surface area contributed by atoms with Gasteiger partial charge in [0.15, 0.2) is 0 Å². The molecular weight excluding hydrogens is 520 g/mol. The SMILES string of the molecule is CCC(C)(C)c1ccc2c3ccccc3n(-c3cccc(-c4cccc(-n5c6ccccc6c6ccccc65)c4)c3)c2c1. The van der Waals surface area contributed by atoms with Crippen LogP contribution >= 0.6 is 0 Å². The van der Waals surface area contributed by atoms with E-state index in [2.05, 4.69) is 169 Å². The summed E-state index contributed by atoms with van der Waals surface area (Å²) in [6, 6.07) is 51.2. The number of rotatable bonds is 5. The summed E-state index contributed by atoms with van der Waals surface area (Å²) in [5, 5.41) is 5.15. The van der Waals surface area contributed by atoms with Crippen LogP contribution in [0.3, 0.4) is 0 Å². The van der Waals surface area contributed by atoms with Crippen LogP contribution in [-0.4, -0.2) is 9.13 Å². The van der Waals surface area contributed by atoms with Crippen LogP contribution in [0, 0.1) is 0 Å². The van der Waals surface area contributed by atoms with Crippen molar-refractivity contribution in [3.8, 4) is 22.5 Å². The van der Waals surface area contributed by atoms with Crippen molar-refractivity contribution in [2.45, 2.75) is 32.6 Å². The van der Waals surface area contributed by atoms with Crippen LogP contribution < -0.4 is 0 Å². The zero-order valence-corrected chi connectivity index (χ0v) is 24.9. The molecule has 0 bridgehead atoms. The van der Waals surface area contributed by atoms with Crippen molar-refractivity contribution in [2.75, 3.05) is 0 Å². The van der Waals surface area contributed by atoms with E-state index < -0.39 is 0 Å². The van der Waals surface area contributed by atoms with Crippen molar-refractivity contribution in [2.24, 2.45) is 0 Å². The Bertz CT molecular complexity index is 2260. The van der Waals surface area contributed by atoms with Gasteiger partial charge in [0.1, 0.15) is 0 Å². The fraction of sp³-hybridized carbons (Fsp3) is 0.122. The molecule has 43 heavy (non-hydrogen) atoms. The summed E-state index contributed by atoms with van der Waals surface area (Å²) in [5.74, 6) is 0. The van der Waals surface area contributed by atoms with Crippen LogP contribution in [0.15, 0.2) is 140 Å². The largest absolute Gasteiger partial charge is 0.309 e. The van der Waals surface area contributed by atoms with Gasteiger partial charge in [0.2, 0.25) is 0 Å². The fourth-order valence-corrected chi connectivity index (χ4v) is 6.72. The van der Waals surface area contributed by atoms with E-state index in [9.17, 15) is 0 Å². The van der Waals surface area contributed by atoms with Crippen LogP contribution in [-0.2, 0) is 5.41 Å². The molecule has 6 aromatic carbocycles. The molecule has 0 N–H and O–H groups in total. The van der Waals surface area contributed by atoms with Crippen LogP contribution in [0.1, 0.15) is 32.8 Å². The first-order valence-corrected chi connectivity index (χ1v) is 15.3. The molecule has 0 radical (unpaired) electrons. The molecule has 2 aromatic heterocycles. The molecule has 0 unspecified atom stereocenters. The van der Waals surface area contributed by atoms with E-state index in [1.165, 1.54) is 71.7 Å². The van der Waals surface area contributed by atoms with Crippen LogP contribution in [0.5, 0.6) is 0 Å². The lowest BCUT2D eigenvalue weighted by Gasteiger charge is -2.23. The van der Waals surface area contributed by atoms with E-state index >= 15 is 0 Å². The molecule has 0 aliphatic carbocycles. The Balaban J connectivity index is 1.31. The monoisotopic (exact) mass is 554 g/mol. The molecule has 8 rings (SSSR count). The van der Waals surface area contributed by atoms with E-state index in [1.54, 1.807) is 0 Å². The van der Waals surface area contributed by atoms with Gasteiger partial charge in [-0.3, -0.25) is 0 Å². The highest BCUT2D eigenvalue weighted by Gasteiger charge is 2.21. The van der Waals surface area contributed by atoms with Crippen molar-refractivity contribution in [3.05, 3.63) is 145 Å². The lowest BCUT2D eigenvalue weighted by molar-refractivity contribution is 0.507. The van der Waals surface area contributed by atoms with Gasteiger partial charge in [0.25, 0.3) is 0 Å². The molecule has 0 aliphatic rings. The summed E-state index contributed by atoms with van der Waals surface area (Å²) in [6.45, 7) is 6.95. The average Bonchev–Trinajstić information content (AvgIpc) is 3.57. The quantitative estimate of drug-likeness (QED) is 0.200. The van der Waals surface area contributed by atoms with Crippen molar-refractivity contribution in [3.63, 3.8) is 0 Å². The van der Waals surface area contributed by atoms with E-state index in [0.29, 0.717) is 0 Å². The van der Waals surface area contributed by atoms with Crippen LogP contribution in [0.25, 0.3) is 66.1 Å². The molecule has 2 heterocycles. The molecule has 2 heteroatoms. The maximum atomic E-state index is 2.44. The zero-order valence-electron chi connectivity index (χ0n) is 24.9. The van der Waals surface area contributed by atoms with Crippen LogP contribution in [0.4, 0.5) is 0 Å². The molecule has 2 nitrogen and oxygen atoms in total. The van der Waals surface area contributed by atoms with Crippen molar-refractivity contribution < 1.29 is 0 Å². The maximum Gasteiger partial charge on any atom is 0.0544 e. The Morgan fingerprint density at radius 1 is 0.442 bits per heavy atom. The predicted octanol–water partition coefficient (Wildman–Crippen LogP) is 11.2. The lowest BCUT2D eigenvalue weighted by atomic mass is 9.82. The molecule has 0 saturated heterocycles. The average molecular weight is 555 g/mol. The van der Waals surface area contributed by atoms with E-state index in [0.717, 1.165) is 6.42 Å². The van der Waals surface area contributed by atoms with Gasteiger partial charge in [-0.1, -0.05) is 112 Å². The van der Waals surface area contributed by atoms with Gasteiger partial charge in [-0.2, -0.15) is 0 Å². The third-order valence-electron chi connectivity index (χ3n) is 9.46. The number of benzene rings is 6. The first kappa shape index (κ1) is 25.6. The minimum Gasteiger partial charge on any atom is -0.309 e. The Kier molecular flexibility index (Phi) is 5.80. The number of para-hydroxylation sites is 3. The number of hydrogen-bond acceptors (Lipinski definition) is 0. The maximum absolute atomic E-state index is 2.44. The summed E-state index contributed by atoms with van der Waals surface area (Å²) in [4.78, 5) is 0. The van der Waals surface area contributed by atoms with Crippen LogP contribution in [0.2, 0.25) is 0 Å². The molecule has 0 amide bonds. The Hall–Kier alpha value is -5.08.